The normalized spacial score (nSPS) is 33.9. The van der Waals surface area contributed by atoms with Gasteiger partial charge in [-0.3, -0.25) is 9.69 Å². The molecule has 1 amide bonds. The molecule has 3 fully saturated rings. The molecule has 0 radical (unpaired) electrons. The number of benzene rings is 1. The first-order valence-electron chi connectivity index (χ1n) is 7.51. The predicted molar refractivity (Wildman–Crippen MR) is 76.6 cm³/mol. The summed E-state index contributed by atoms with van der Waals surface area (Å²) < 4.78 is 5.47. The van der Waals surface area contributed by atoms with E-state index in [-0.39, 0.29) is 5.92 Å². The van der Waals surface area contributed by atoms with Crippen LogP contribution in [0.2, 0.25) is 0 Å². The maximum absolute atomic E-state index is 12.6. The standard InChI is InChI=1S/C16H20N2O2/c19-16-15-10-17(14-6-7-20-11-14)8-12(15)9-18(16)13-4-2-1-3-5-13/h1-5,12,14-15H,6-11H2/t12-,14-,15-/m0/s1. The van der Waals surface area contributed by atoms with E-state index in [9.17, 15) is 4.79 Å². The van der Waals surface area contributed by atoms with Gasteiger partial charge in [0, 0.05) is 43.9 Å². The second kappa shape index (κ2) is 4.86. The minimum atomic E-state index is 0.191. The average Bonchev–Trinajstić information content (AvgIpc) is 3.17. The van der Waals surface area contributed by atoms with E-state index in [0.29, 0.717) is 17.9 Å². The van der Waals surface area contributed by atoms with Gasteiger partial charge < -0.3 is 9.64 Å². The number of nitrogens with zero attached hydrogens (tertiary/aromatic N) is 2. The van der Waals surface area contributed by atoms with Crippen LogP contribution >= 0.6 is 0 Å². The van der Waals surface area contributed by atoms with Gasteiger partial charge in [-0.05, 0) is 18.6 Å². The monoisotopic (exact) mass is 272 g/mol. The van der Waals surface area contributed by atoms with Gasteiger partial charge >= 0.3 is 0 Å². The van der Waals surface area contributed by atoms with E-state index in [1.54, 1.807) is 0 Å². The Morgan fingerprint density at radius 1 is 1.10 bits per heavy atom. The molecule has 3 aliphatic rings. The number of likely N-dealkylation sites (tertiary alicyclic amines) is 1. The van der Waals surface area contributed by atoms with E-state index < -0.39 is 0 Å². The van der Waals surface area contributed by atoms with Gasteiger partial charge in [0.1, 0.15) is 0 Å². The molecule has 0 aromatic heterocycles. The molecule has 4 rings (SSSR count). The van der Waals surface area contributed by atoms with E-state index in [4.69, 9.17) is 4.74 Å². The largest absolute Gasteiger partial charge is 0.380 e. The van der Waals surface area contributed by atoms with Gasteiger partial charge in [-0.25, -0.2) is 0 Å². The van der Waals surface area contributed by atoms with Crippen LogP contribution in [0.1, 0.15) is 6.42 Å². The van der Waals surface area contributed by atoms with Crippen molar-refractivity contribution in [3.8, 4) is 0 Å². The van der Waals surface area contributed by atoms with E-state index in [0.717, 1.165) is 45.0 Å². The van der Waals surface area contributed by atoms with Gasteiger partial charge in [0.15, 0.2) is 0 Å². The minimum absolute atomic E-state index is 0.191. The van der Waals surface area contributed by atoms with Crippen molar-refractivity contribution in [2.45, 2.75) is 12.5 Å². The van der Waals surface area contributed by atoms with Crippen LogP contribution in [0.3, 0.4) is 0 Å². The summed E-state index contributed by atoms with van der Waals surface area (Å²) in [5.41, 5.74) is 1.04. The Balaban J connectivity index is 1.48. The Bertz CT molecular complexity index is 498. The van der Waals surface area contributed by atoms with Crippen LogP contribution in [0, 0.1) is 11.8 Å². The number of amides is 1. The van der Waals surface area contributed by atoms with Gasteiger partial charge in [-0.15, -0.1) is 0 Å². The quantitative estimate of drug-likeness (QED) is 0.815. The number of fused-ring (bicyclic) bond motifs is 1. The summed E-state index contributed by atoms with van der Waals surface area (Å²) in [6.07, 6.45) is 1.12. The lowest BCUT2D eigenvalue weighted by Gasteiger charge is -2.25. The Labute approximate surface area is 119 Å². The molecule has 3 aliphatic heterocycles. The topological polar surface area (TPSA) is 32.8 Å². The average molecular weight is 272 g/mol. The maximum atomic E-state index is 12.6. The SMILES string of the molecule is O=C1[C@H]2CN([C@H]3CCOC3)C[C@H]2CN1c1ccccc1. The van der Waals surface area contributed by atoms with Crippen molar-refractivity contribution in [1.29, 1.82) is 0 Å². The second-order valence-electron chi connectivity index (χ2n) is 6.12. The molecule has 0 N–H and O–H groups in total. The summed E-state index contributed by atoms with van der Waals surface area (Å²) in [6, 6.07) is 10.6. The van der Waals surface area contributed by atoms with E-state index in [1.807, 2.05) is 35.2 Å². The number of carbonyl (C=O) groups excluding carboxylic acids is 1. The summed E-state index contributed by atoms with van der Waals surface area (Å²) >= 11 is 0. The van der Waals surface area contributed by atoms with Crippen molar-refractivity contribution >= 4 is 11.6 Å². The fraction of sp³-hybridized carbons (Fsp3) is 0.562. The molecule has 0 bridgehead atoms. The fourth-order valence-electron chi connectivity index (χ4n) is 3.84. The van der Waals surface area contributed by atoms with Crippen LogP contribution in [-0.2, 0) is 9.53 Å². The highest BCUT2D eigenvalue weighted by atomic mass is 16.5. The van der Waals surface area contributed by atoms with Crippen molar-refractivity contribution in [1.82, 2.24) is 4.90 Å². The zero-order valence-corrected chi connectivity index (χ0v) is 11.6. The van der Waals surface area contributed by atoms with Gasteiger partial charge in [0.25, 0.3) is 0 Å². The van der Waals surface area contributed by atoms with Crippen LogP contribution in [0.4, 0.5) is 5.69 Å². The van der Waals surface area contributed by atoms with Crippen LogP contribution in [0.25, 0.3) is 0 Å². The number of anilines is 1. The molecular weight excluding hydrogens is 252 g/mol. The molecule has 1 aromatic carbocycles. The van der Waals surface area contributed by atoms with Crippen molar-refractivity contribution in [3.63, 3.8) is 0 Å². The van der Waals surface area contributed by atoms with Crippen molar-refractivity contribution in [2.24, 2.45) is 11.8 Å². The summed E-state index contributed by atoms with van der Waals surface area (Å²) in [7, 11) is 0. The van der Waals surface area contributed by atoms with E-state index >= 15 is 0 Å². The lowest BCUT2D eigenvalue weighted by molar-refractivity contribution is -0.120. The Morgan fingerprint density at radius 3 is 2.65 bits per heavy atom. The third-order valence-corrected chi connectivity index (χ3v) is 4.96. The Hall–Kier alpha value is -1.39. The number of rotatable bonds is 2. The summed E-state index contributed by atoms with van der Waals surface area (Å²) in [5.74, 6) is 0.988. The van der Waals surface area contributed by atoms with Crippen LogP contribution in [0.15, 0.2) is 30.3 Å². The number of hydrogen-bond acceptors (Lipinski definition) is 3. The Kier molecular flexibility index (Phi) is 3.00. The van der Waals surface area contributed by atoms with Crippen LogP contribution < -0.4 is 4.90 Å². The number of para-hydroxylation sites is 1. The lowest BCUT2D eigenvalue weighted by atomic mass is 10.0. The molecule has 3 atom stereocenters. The third kappa shape index (κ3) is 1.95. The third-order valence-electron chi connectivity index (χ3n) is 4.96. The van der Waals surface area contributed by atoms with Gasteiger partial charge in [-0.2, -0.15) is 0 Å². The molecule has 20 heavy (non-hydrogen) atoms. The minimum Gasteiger partial charge on any atom is -0.380 e. The molecule has 4 heteroatoms. The first-order chi connectivity index (χ1) is 9.83. The summed E-state index contributed by atoms with van der Waals surface area (Å²) in [5, 5.41) is 0. The van der Waals surface area contributed by atoms with Crippen LogP contribution in [-0.4, -0.2) is 49.7 Å². The first kappa shape index (κ1) is 12.4. The van der Waals surface area contributed by atoms with E-state index in [2.05, 4.69) is 4.90 Å². The number of ether oxygens (including phenoxy) is 1. The first-order valence-corrected chi connectivity index (χ1v) is 7.51. The Morgan fingerprint density at radius 2 is 1.95 bits per heavy atom. The number of hydrogen-bond donors (Lipinski definition) is 0. The molecule has 3 heterocycles. The zero-order chi connectivity index (χ0) is 13.5. The molecule has 0 spiro atoms. The van der Waals surface area contributed by atoms with Gasteiger partial charge in [-0.1, -0.05) is 18.2 Å². The highest BCUT2D eigenvalue weighted by Crippen LogP contribution is 2.36. The lowest BCUT2D eigenvalue weighted by Crippen LogP contribution is -2.38. The van der Waals surface area contributed by atoms with Crippen LogP contribution in [0.5, 0.6) is 0 Å². The van der Waals surface area contributed by atoms with Crippen molar-refractivity contribution in [2.75, 3.05) is 37.7 Å². The highest BCUT2D eigenvalue weighted by Gasteiger charge is 2.48. The molecule has 1 aromatic rings. The zero-order valence-electron chi connectivity index (χ0n) is 11.6. The fourth-order valence-corrected chi connectivity index (χ4v) is 3.84. The molecule has 106 valence electrons. The predicted octanol–water partition coefficient (Wildman–Crippen LogP) is 1.37. The van der Waals surface area contributed by atoms with Crippen molar-refractivity contribution < 1.29 is 9.53 Å². The highest BCUT2D eigenvalue weighted by molar-refractivity contribution is 5.98. The molecule has 0 unspecified atom stereocenters. The molecule has 0 aliphatic carbocycles. The smallest absolute Gasteiger partial charge is 0.231 e. The van der Waals surface area contributed by atoms with Gasteiger partial charge in [0.05, 0.1) is 12.5 Å². The van der Waals surface area contributed by atoms with Gasteiger partial charge in [0.2, 0.25) is 5.91 Å². The van der Waals surface area contributed by atoms with Crippen molar-refractivity contribution in [3.05, 3.63) is 30.3 Å². The summed E-state index contributed by atoms with van der Waals surface area (Å²) in [4.78, 5) is 17.1. The molecule has 3 saturated heterocycles. The number of carbonyl (C=O) groups is 1. The second-order valence-corrected chi connectivity index (χ2v) is 6.12. The molecular formula is C16H20N2O2. The summed E-state index contributed by atoms with van der Waals surface area (Å²) in [6.45, 7) is 4.56. The maximum Gasteiger partial charge on any atom is 0.231 e. The molecule has 4 nitrogen and oxygen atoms in total. The molecule has 0 saturated carbocycles. The van der Waals surface area contributed by atoms with E-state index in [1.165, 1.54) is 0 Å².